The van der Waals surface area contributed by atoms with Crippen LogP contribution in [0.3, 0.4) is 0 Å². The third-order valence-electron chi connectivity index (χ3n) is 6.85. The fraction of sp³-hybridized carbons (Fsp3) is 0.286. The number of amides is 2. The highest BCUT2D eigenvalue weighted by Gasteiger charge is 2.32. The molecule has 1 unspecified atom stereocenters. The van der Waals surface area contributed by atoms with Gasteiger partial charge in [-0.2, -0.15) is 0 Å². The predicted octanol–water partition coefficient (Wildman–Crippen LogP) is 5.98. The van der Waals surface area contributed by atoms with Gasteiger partial charge < -0.3 is 10.2 Å². The van der Waals surface area contributed by atoms with Crippen molar-refractivity contribution in [3.63, 3.8) is 0 Å². The number of carbonyl (C=O) groups is 2. The Balaban J connectivity index is 1.54. The van der Waals surface area contributed by atoms with Crippen LogP contribution in [0.4, 0.5) is 5.69 Å². The average molecular weight is 507 g/mol. The molecular weight excluding hydrogens is 480 g/mol. The van der Waals surface area contributed by atoms with Crippen LogP contribution in [0.25, 0.3) is 0 Å². The van der Waals surface area contributed by atoms with Crippen LogP contribution in [0.5, 0.6) is 0 Å². The molecule has 0 radical (unpaired) electrons. The molecule has 2 amide bonds. The normalized spacial score (nSPS) is 21.6. The van der Waals surface area contributed by atoms with Crippen molar-refractivity contribution in [2.45, 2.75) is 55.0 Å². The number of hydrogen-bond donors (Lipinski definition) is 1. The minimum atomic E-state index is -1.56. The van der Waals surface area contributed by atoms with Crippen molar-refractivity contribution in [2.75, 3.05) is 4.90 Å². The summed E-state index contributed by atoms with van der Waals surface area (Å²) in [5.74, 6) is 0.264. The standard InChI is InChI=1S/C28H27ClN2O3S/c1-18-9-12-22(13-10-18)30-27(32)20-11-14-26-24(16-20)31(17-19-5-4-6-21(29)15-19)28(33)23-7-2-3-8-25(23)35(26)34/h2-8,11,14-16,18,22H,9-10,12-13,17H2,1H3,(H,30,32). The van der Waals surface area contributed by atoms with Crippen molar-refractivity contribution in [3.05, 3.63) is 88.4 Å². The molecule has 2 aliphatic rings. The van der Waals surface area contributed by atoms with Gasteiger partial charge in [-0.15, -0.1) is 0 Å². The summed E-state index contributed by atoms with van der Waals surface area (Å²) in [7, 11) is -1.56. The van der Waals surface area contributed by atoms with Crippen LogP contribution in [0.1, 0.15) is 58.9 Å². The van der Waals surface area contributed by atoms with Gasteiger partial charge in [0.15, 0.2) is 0 Å². The minimum absolute atomic E-state index is 0.153. The van der Waals surface area contributed by atoms with E-state index in [-0.39, 0.29) is 24.4 Å². The molecule has 1 atom stereocenters. The van der Waals surface area contributed by atoms with E-state index in [1.165, 1.54) is 0 Å². The minimum Gasteiger partial charge on any atom is -0.349 e. The average Bonchev–Trinajstić information content (AvgIpc) is 2.95. The van der Waals surface area contributed by atoms with Crippen LogP contribution < -0.4 is 10.2 Å². The fourth-order valence-electron chi connectivity index (χ4n) is 4.85. The second-order valence-corrected chi connectivity index (χ2v) is 11.3. The highest BCUT2D eigenvalue weighted by Crippen LogP contribution is 2.36. The Bertz CT molecular complexity index is 1320. The fourth-order valence-corrected chi connectivity index (χ4v) is 6.41. The zero-order valence-electron chi connectivity index (χ0n) is 19.5. The van der Waals surface area contributed by atoms with E-state index < -0.39 is 10.8 Å². The van der Waals surface area contributed by atoms with Crippen molar-refractivity contribution < 1.29 is 13.8 Å². The van der Waals surface area contributed by atoms with E-state index in [9.17, 15) is 13.8 Å². The van der Waals surface area contributed by atoms with Gasteiger partial charge in [0.1, 0.15) is 0 Å². The predicted molar refractivity (Wildman–Crippen MR) is 138 cm³/mol. The first-order valence-corrected chi connectivity index (χ1v) is 13.5. The molecule has 1 heterocycles. The number of anilines is 1. The molecule has 1 fully saturated rings. The van der Waals surface area contributed by atoms with Gasteiger partial charge in [-0.1, -0.05) is 42.8 Å². The Hall–Kier alpha value is -2.96. The van der Waals surface area contributed by atoms with Gasteiger partial charge in [0.25, 0.3) is 11.8 Å². The van der Waals surface area contributed by atoms with E-state index >= 15 is 0 Å². The number of fused-ring (bicyclic) bond motifs is 2. The molecule has 1 N–H and O–H groups in total. The molecule has 1 aliphatic heterocycles. The van der Waals surface area contributed by atoms with Crippen molar-refractivity contribution in [2.24, 2.45) is 5.92 Å². The van der Waals surface area contributed by atoms with Crippen LogP contribution >= 0.6 is 11.6 Å². The highest BCUT2D eigenvalue weighted by atomic mass is 35.5. The highest BCUT2D eigenvalue weighted by molar-refractivity contribution is 7.85. The summed E-state index contributed by atoms with van der Waals surface area (Å²) < 4.78 is 13.6. The molecule has 0 aromatic heterocycles. The summed E-state index contributed by atoms with van der Waals surface area (Å²) in [5.41, 5.74) is 2.17. The number of carbonyl (C=O) groups excluding carboxylic acids is 2. The summed E-state index contributed by atoms with van der Waals surface area (Å²) in [5, 5.41) is 3.73. The summed E-state index contributed by atoms with van der Waals surface area (Å²) >= 11 is 6.20. The Labute approximate surface area is 212 Å². The van der Waals surface area contributed by atoms with E-state index in [1.54, 1.807) is 53.4 Å². The maximum atomic E-state index is 13.7. The number of benzene rings is 3. The first-order chi connectivity index (χ1) is 16.9. The van der Waals surface area contributed by atoms with Crippen LogP contribution in [0, 0.1) is 5.92 Å². The monoisotopic (exact) mass is 506 g/mol. The number of rotatable bonds is 4. The maximum absolute atomic E-state index is 13.7. The number of nitrogens with zero attached hydrogens (tertiary/aromatic N) is 1. The summed E-state index contributed by atoms with van der Waals surface area (Å²) in [4.78, 5) is 29.5. The molecule has 0 bridgehead atoms. The maximum Gasteiger partial charge on any atom is 0.259 e. The Morgan fingerprint density at radius 2 is 1.77 bits per heavy atom. The lowest BCUT2D eigenvalue weighted by Crippen LogP contribution is -2.37. The van der Waals surface area contributed by atoms with E-state index in [0.717, 1.165) is 31.2 Å². The molecule has 5 nitrogen and oxygen atoms in total. The largest absolute Gasteiger partial charge is 0.349 e. The van der Waals surface area contributed by atoms with E-state index in [0.29, 0.717) is 37.5 Å². The van der Waals surface area contributed by atoms with Crippen LogP contribution in [-0.2, 0) is 17.3 Å². The number of nitrogens with one attached hydrogen (secondary N) is 1. The van der Waals surface area contributed by atoms with Crippen molar-refractivity contribution in [1.82, 2.24) is 5.32 Å². The molecule has 1 aliphatic carbocycles. The number of halogens is 1. The lowest BCUT2D eigenvalue weighted by molar-refractivity contribution is 0.0921. The second-order valence-electron chi connectivity index (χ2n) is 9.40. The van der Waals surface area contributed by atoms with Gasteiger partial charge in [0.05, 0.1) is 38.4 Å². The lowest BCUT2D eigenvalue weighted by atomic mass is 9.87. The molecular formula is C28H27ClN2O3S. The van der Waals surface area contributed by atoms with Crippen LogP contribution in [-0.4, -0.2) is 22.1 Å². The molecule has 35 heavy (non-hydrogen) atoms. The van der Waals surface area contributed by atoms with Gasteiger partial charge >= 0.3 is 0 Å². The lowest BCUT2D eigenvalue weighted by Gasteiger charge is -2.27. The summed E-state index contributed by atoms with van der Waals surface area (Å²) in [6, 6.07) is 19.6. The van der Waals surface area contributed by atoms with Crippen LogP contribution in [0.15, 0.2) is 76.5 Å². The smallest absolute Gasteiger partial charge is 0.259 e. The molecule has 180 valence electrons. The molecule has 3 aromatic carbocycles. The van der Waals surface area contributed by atoms with Gasteiger partial charge in [0, 0.05) is 16.6 Å². The van der Waals surface area contributed by atoms with Gasteiger partial charge in [-0.3, -0.25) is 9.59 Å². The molecule has 0 saturated heterocycles. The topological polar surface area (TPSA) is 66.5 Å². The zero-order chi connectivity index (χ0) is 24.5. The quantitative estimate of drug-likeness (QED) is 0.473. The first kappa shape index (κ1) is 23.8. The molecule has 5 rings (SSSR count). The SMILES string of the molecule is CC1CCC(NC(=O)c2ccc3c(c2)N(Cc2cccc(Cl)c2)C(=O)c2ccccc2S3=O)CC1. The third-order valence-corrected chi connectivity index (χ3v) is 8.59. The van der Waals surface area contributed by atoms with E-state index in [1.807, 2.05) is 18.2 Å². The van der Waals surface area contributed by atoms with Gasteiger partial charge in [-0.25, -0.2) is 4.21 Å². The van der Waals surface area contributed by atoms with Gasteiger partial charge in [0.2, 0.25) is 0 Å². The van der Waals surface area contributed by atoms with E-state index in [2.05, 4.69) is 12.2 Å². The third kappa shape index (κ3) is 4.91. The van der Waals surface area contributed by atoms with Crippen LogP contribution in [0.2, 0.25) is 5.02 Å². The summed E-state index contributed by atoms with van der Waals surface area (Å²) in [6.07, 6.45) is 4.15. The van der Waals surface area contributed by atoms with Crippen molar-refractivity contribution in [3.8, 4) is 0 Å². The molecule has 0 spiro atoms. The van der Waals surface area contributed by atoms with E-state index in [4.69, 9.17) is 11.6 Å². The second kappa shape index (κ2) is 9.96. The first-order valence-electron chi connectivity index (χ1n) is 11.9. The van der Waals surface area contributed by atoms with Crippen molar-refractivity contribution in [1.29, 1.82) is 0 Å². The Kier molecular flexibility index (Phi) is 6.76. The number of hydrogen-bond acceptors (Lipinski definition) is 3. The zero-order valence-corrected chi connectivity index (χ0v) is 21.1. The molecule has 3 aromatic rings. The van der Waals surface area contributed by atoms with Crippen molar-refractivity contribution >= 4 is 39.9 Å². The Morgan fingerprint density at radius 3 is 2.54 bits per heavy atom. The summed E-state index contributed by atoms with van der Waals surface area (Å²) in [6.45, 7) is 2.48. The molecule has 7 heteroatoms. The Morgan fingerprint density at radius 1 is 1.00 bits per heavy atom. The molecule has 1 saturated carbocycles. The van der Waals surface area contributed by atoms with Gasteiger partial charge in [-0.05, 0) is 79.6 Å².